The van der Waals surface area contributed by atoms with Crippen molar-refractivity contribution in [3.8, 4) is 0 Å². The lowest BCUT2D eigenvalue weighted by molar-refractivity contribution is -0.139. The van der Waals surface area contributed by atoms with Crippen molar-refractivity contribution in [1.82, 2.24) is 15.5 Å². The molecule has 0 bridgehead atoms. The summed E-state index contributed by atoms with van der Waals surface area (Å²) < 4.78 is 5.52. The number of carbonyl (C=O) groups is 2. The quantitative estimate of drug-likeness (QED) is 0.645. The number of likely N-dealkylation sites (N-methyl/N-ethyl adjacent to an activating group) is 1. The molecule has 7 nitrogen and oxygen atoms in total. The predicted molar refractivity (Wildman–Crippen MR) is 74.7 cm³/mol. The molecule has 7 heteroatoms. The maximum absolute atomic E-state index is 11.7. The van der Waals surface area contributed by atoms with E-state index in [4.69, 9.17) is 9.84 Å². The first kappa shape index (κ1) is 16.7. The third kappa shape index (κ3) is 6.21. The molecule has 3 N–H and O–H groups in total. The highest BCUT2D eigenvalue weighted by Gasteiger charge is 2.22. The van der Waals surface area contributed by atoms with E-state index < -0.39 is 18.0 Å². The molecular formula is C13H25N3O4. The Kier molecular flexibility index (Phi) is 6.74. The third-order valence-corrected chi connectivity index (χ3v) is 3.14. The number of urea groups is 1. The van der Waals surface area contributed by atoms with Crippen molar-refractivity contribution in [2.24, 2.45) is 5.92 Å². The number of aliphatic carboxylic acids is 1. The van der Waals surface area contributed by atoms with Gasteiger partial charge in [0.25, 0.3) is 0 Å². The molecule has 20 heavy (non-hydrogen) atoms. The number of hydrogen-bond donors (Lipinski definition) is 3. The SMILES string of the molecule is CC(C)C[C@H](NC(=O)NCC1CN(C)CCO1)C(=O)O. The standard InChI is InChI=1S/C13H25N3O4/c1-9(2)6-11(12(17)18)15-13(19)14-7-10-8-16(3)4-5-20-10/h9-11H,4-8H2,1-3H3,(H,17,18)(H2,14,15,19)/t10?,11-/m0/s1. The zero-order valence-electron chi connectivity index (χ0n) is 12.4. The number of carboxylic acid groups (broad SMARTS) is 1. The number of nitrogens with zero attached hydrogens (tertiary/aromatic N) is 1. The molecule has 0 spiro atoms. The average molecular weight is 287 g/mol. The van der Waals surface area contributed by atoms with Crippen LogP contribution < -0.4 is 10.6 Å². The van der Waals surface area contributed by atoms with E-state index in [1.807, 2.05) is 20.9 Å². The van der Waals surface area contributed by atoms with Crippen molar-refractivity contribution in [3.63, 3.8) is 0 Å². The number of rotatable bonds is 6. The zero-order valence-corrected chi connectivity index (χ0v) is 12.4. The van der Waals surface area contributed by atoms with E-state index in [9.17, 15) is 9.59 Å². The lowest BCUT2D eigenvalue weighted by Crippen LogP contribution is -2.51. The van der Waals surface area contributed by atoms with Gasteiger partial charge in [-0.3, -0.25) is 0 Å². The molecule has 1 aliphatic rings. The number of ether oxygens (including phenoxy) is 1. The molecule has 1 rings (SSSR count). The van der Waals surface area contributed by atoms with Gasteiger partial charge in [-0.25, -0.2) is 9.59 Å². The highest BCUT2D eigenvalue weighted by atomic mass is 16.5. The Labute approximate surface area is 119 Å². The van der Waals surface area contributed by atoms with Crippen molar-refractivity contribution < 1.29 is 19.4 Å². The van der Waals surface area contributed by atoms with E-state index in [1.165, 1.54) is 0 Å². The Morgan fingerprint density at radius 1 is 1.45 bits per heavy atom. The largest absolute Gasteiger partial charge is 0.480 e. The Morgan fingerprint density at radius 3 is 2.70 bits per heavy atom. The number of carbonyl (C=O) groups excluding carboxylic acids is 1. The molecule has 0 aliphatic carbocycles. The van der Waals surface area contributed by atoms with Crippen LogP contribution in [-0.2, 0) is 9.53 Å². The number of hydrogen-bond acceptors (Lipinski definition) is 4. The van der Waals surface area contributed by atoms with E-state index in [0.717, 1.165) is 13.1 Å². The van der Waals surface area contributed by atoms with Gasteiger partial charge < -0.3 is 25.4 Å². The van der Waals surface area contributed by atoms with Gasteiger partial charge in [0.05, 0.1) is 12.7 Å². The Bertz CT molecular complexity index is 336. The van der Waals surface area contributed by atoms with Crippen LogP contribution in [0.1, 0.15) is 20.3 Å². The van der Waals surface area contributed by atoms with Crippen LogP contribution in [0.4, 0.5) is 4.79 Å². The normalized spacial score (nSPS) is 21.5. The molecule has 1 heterocycles. The van der Waals surface area contributed by atoms with Crippen molar-refractivity contribution in [1.29, 1.82) is 0 Å². The molecule has 1 saturated heterocycles. The van der Waals surface area contributed by atoms with Gasteiger partial charge in [0.1, 0.15) is 6.04 Å². The molecule has 0 aromatic rings. The molecule has 2 atom stereocenters. The van der Waals surface area contributed by atoms with Crippen LogP contribution in [0.3, 0.4) is 0 Å². The summed E-state index contributed by atoms with van der Waals surface area (Å²) in [4.78, 5) is 24.9. The topological polar surface area (TPSA) is 90.9 Å². The van der Waals surface area contributed by atoms with Gasteiger partial charge in [-0.05, 0) is 19.4 Å². The van der Waals surface area contributed by atoms with Gasteiger partial charge >= 0.3 is 12.0 Å². The average Bonchev–Trinajstić information content (AvgIpc) is 2.35. The first-order valence-electron chi connectivity index (χ1n) is 6.95. The lowest BCUT2D eigenvalue weighted by atomic mass is 10.0. The van der Waals surface area contributed by atoms with E-state index in [-0.39, 0.29) is 12.0 Å². The predicted octanol–water partition coefficient (Wildman–Crippen LogP) is 0.116. The second kappa shape index (κ2) is 8.06. The van der Waals surface area contributed by atoms with Crippen LogP contribution in [0.15, 0.2) is 0 Å². The molecule has 1 aliphatic heterocycles. The second-order valence-electron chi connectivity index (χ2n) is 5.63. The Balaban J connectivity index is 2.32. The summed E-state index contributed by atoms with van der Waals surface area (Å²) in [6.45, 7) is 6.51. The van der Waals surface area contributed by atoms with E-state index in [2.05, 4.69) is 15.5 Å². The molecule has 0 aromatic heterocycles. The van der Waals surface area contributed by atoms with E-state index in [0.29, 0.717) is 19.6 Å². The lowest BCUT2D eigenvalue weighted by Gasteiger charge is -2.30. The number of nitrogens with one attached hydrogen (secondary N) is 2. The molecule has 0 saturated carbocycles. The Morgan fingerprint density at radius 2 is 2.15 bits per heavy atom. The third-order valence-electron chi connectivity index (χ3n) is 3.14. The van der Waals surface area contributed by atoms with E-state index in [1.54, 1.807) is 0 Å². The van der Waals surface area contributed by atoms with Gasteiger partial charge in [0.2, 0.25) is 0 Å². The van der Waals surface area contributed by atoms with Crippen LogP contribution in [0, 0.1) is 5.92 Å². The highest BCUT2D eigenvalue weighted by molar-refractivity contribution is 5.82. The fraction of sp³-hybridized carbons (Fsp3) is 0.846. The summed E-state index contributed by atoms with van der Waals surface area (Å²) in [5.41, 5.74) is 0. The number of morpholine rings is 1. The van der Waals surface area contributed by atoms with E-state index >= 15 is 0 Å². The summed E-state index contributed by atoms with van der Waals surface area (Å²) in [5.74, 6) is -0.811. The van der Waals surface area contributed by atoms with Gasteiger partial charge in [0.15, 0.2) is 0 Å². The summed E-state index contributed by atoms with van der Waals surface area (Å²) in [6, 6.07) is -1.32. The maximum atomic E-state index is 11.7. The van der Waals surface area contributed by atoms with Crippen LogP contribution in [0.25, 0.3) is 0 Å². The van der Waals surface area contributed by atoms with Gasteiger partial charge in [-0.2, -0.15) is 0 Å². The maximum Gasteiger partial charge on any atom is 0.326 e. The zero-order chi connectivity index (χ0) is 15.1. The van der Waals surface area contributed by atoms with Crippen LogP contribution >= 0.6 is 0 Å². The monoisotopic (exact) mass is 287 g/mol. The summed E-state index contributed by atoms with van der Waals surface area (Å²) in [6.07, 6.45) is 0.360. The Hall–Kier alpha value is -1.34. The minimum atomic E-state index is -1.01. The summed E-state index contributed by atoms with van der Waals surface area (Å²) in [5, 5.41) is 14.2. The first-order chi connectivity index (χ1) is 9.38. The molecule has 0 radical (unpaired) electrons. The summed E-state index contributed by atoms with van der Waals surface area (Å²) >= 11 is 0. The van der Waals surface area contributed by atoms with Crippen molar-refractivity contribution >= 4 is 12.0 Å². The van der Waals surface area contributed by atoms with Crippen LogP contribution in [-0.4, -0.2) is 67.4 Å². The van der Waals surface area contributed by atoms with Gasteiger partial charge in [-0.15, -0.1) is 0 Å². The first-order valence-corrected chi connectivity index (χ1v) is 6.95. The molecule has 2 amide bonds. The smallest absolute Gasteiger partial charge is 0.326 e. The minimum absolute atomic E-state index is 0.0483. The fourth-order valence-corrected chi connectivity index (χ4v) is 2.10. The molecular weight excluding hydrogens is 262 g/mol. The second-order valence-corrected chi connectivity index (χ2v) is 5.63. The fourth-order valence-electron chi connectivity index (χ4n) is 2.10. The van der Waals surface area contributed by atoms with Gasteiger partial charge in [-0.1, -0.05) is 13.8 Å². The summed E-state index contributed by atoms with van der Waals surface area (Å²) in [7, 11) is 2.00. The van der Waals surface area contributed by atoms with Crippen molar-refractivity contribution in [3.05, 3.63) is 0 Å². The van der Waals surface area contributed by atoms with Crippen LogP contribution in [0.5, 0.6) is 0 Å². The number of amides is 2. The van der Waals surface area contributed by atoms with Crippen molar-refractivity contribution in [2.75, 3.05) is 33.3 Å². The van der Waals surface area contributed by atoms with Crippen molar-refractivity contribution in [2.45, 2.75) is 32.4 Å². The molecule has 1 unspecified atom stereocenters. The highest BCUT2D eigenvalue weighted by Crippen LogP contribution is 2.05. The number of carboxylic acids is 1. The molecule has 116 valence electrons. The minimum Gasteiger partial charge on any atom is -0.480 e. The molecule has 0 aromatic carbocycles. The van der Waals surface area contributed by atoms with Gasteiger partial charge in [0, 0.05) is 19.6 Å². The van der Waals surface area contributed by atoms with Crippen LogP contribution in [0.2, 0.25) is 0 Å². The molecule has 1 fully saturated rings.